The fraction of sp³-hybridized carbons (Fsp3) is 0.105. The number of nitrogen functional groups attached to an aromatic ring is 1. The molecule has 2 aromatic carbocycles. The summed E-state index contributed by atoms with van der Waals surface area (Å²) in [5.41, 5.74) is 6.62. The molecule has 3 aromatic rings. The molecule has 0 unspecified atom stereocenters. The van der Waals surface area contributed by atoms with Crippen molar-refractivity contribution in [2.45, 2.75) is 21.4 Å². The van der Waals surface area contributed by atoms with Crippen molar-refractivity contribution in [2.24, 2.45) is 5.73 Å². The topological polar surface area (TPSA) is 104 Å². The summed E-state index contributed by atoms with van der Waals surface area (Å²) in [6.45, 7) is 0. The van der Waals surface area contributed by atoms with Gasteiger partial charge in [-0.1, -0.05) is 37.2 Å². The Kier molecular flexibility index (Phi) is 6.82. The number of rotatable bonds is 5. The maximum absolute atomic E-state index is 13.2. The van der Waals surface area contributed by atoms with Gasteiger partial charge in [-0.3, -0.25) is 5.41 Å². The van der Waals surface area contributed by atoms with Gasteiger partial charge in [-0.15, -0.1) is 23.1 Å². The summed E-state index contributed by atoms with van der Waals surface area (Å²) in [5, 5.41) is 18.1. The highest BCUT2D eigenvalue weighted by atomic mass is 35.5. The minimum absolute atomic E-state index is 0. The summed E-state index contributed by atoms with van der Waals surface area (Å²) in [6.07, 6.45) is 1.76. The van der Waals surface area contributed by atoms with Gasteiger partial charge in [0.1, 0.15) is 11.6 Å². The van der Waals surface area contributed by atoms with E-state index in [-0.39, 0.29) is 28.8 Å². The number of aromatic hydroxyl groups is 1. The Morgan fingerprint density at radius 3 is 2.50 bits per heavy atom. The van der Waals surface area contributed by atoms with Gasteiger partial charge in [0.15, 0.2) is 0 Å². The molecular formula is C19H19ClN2O3S3. The molecule has 0 spiro atoms. The Bertz CT molecular complexity index is 1140. The molecule has 28 heavy (non-hydrogen) atoms. The second-order valence-corrected chi connectivity index (χ2v) is 10.0. The lowest BCUT2D eigenvalue weighted by Gasteiger charge is -2.10. The van der Waals surface area contributed by atoms with Crippen molar-refractivity contribution in [1.82, 2.24) is 0 Å². The van der Waals surface area contributed by atoms with Crippen LogP contribution in [0.4, 0.5) is 0 Å². The van der Waals surface area contributed by atoms with Gasteiger partial charge in [-0.2, -0.15) is 0 Å². The molecular weight excluding hydrogens is 436 g/mol. The van der Waals surface area contributed by atoms with Crippen molar-refractivity contribution >= 4 is 50.4 Å². The standard InChI is InChI=1S/C18H15ClN2O3S3.CH4/c1-25-18-16(9-15(26-18)17(20)21)27(23,24)12-7-10(6-11(22)8-12)13-4-2-3-5-14(13)19;/h2-9,22H,1H3,(H3,20,21);1H4. The summed E-state index contributed by atoms with van der Waals surface area (Å²) in [5.74, 6) is -0.372. The maximum Gasteiger partial charge on any atom is 0.208 e. The molecule has 1 heterocycles. The molecule has 0 radical (unpaired) electrons. The molecule has 4 N–H and O–H groups in total. The van der Waals surface area contributed by atoms with Crippen LogP contribution in [-0.4, -0.2) is 25.6 Å². The van der Waals surface area contributed by atoms with Gasteiger partial charge in [0.2, 0.25) is 9.84 Å². The third kappa shape index (κ3) is 4.20. The largest absolute Gasteiger partial charge is 0.508 e. The van der Waals surface area contributed by atoms with Crippen LogP contribution >= 0.6 is 34.7 Å². The van der Waals surface area contributed by atoms with Gasteiger partial charge in [-0.05, 0) is 42.2 Å². The minimum Gasteiger partial charge on any atom is -0.508 e. The van der Waals surface area contributed by atoms with Gasteiger partial charge >= 0.3 is 0 Å². The number of phenolic OH excluding ortho intramolecular Hbond substituents is 1. The maximum atomic E-state index is 13.2. The summed E-state index contributed by atoms with van der Waals surface area (Å²) in [4.78, 5) is 0.394. The zero-order valence-electron chi connectivity index (χ0n) is 14.1. The number of benzene rings is 2. The van der Waals surface area contributed by atoms with E-state index in [2.05, 4.69) is 0 Å². The van der Waals surface area contributed by atoms with Crippen LogP contribution in [0.25, 0.3) is 11.1 Å². The second-order valence-electron chi connectivity index (χ2n) is 5.58. The van der Waals surface area contributed by atoms with Crippen LogP contribution in [0.15, 0.2) is 62.5 Å². The first-order chi connectivity index (χ1) is 12.7. The van der Waals surface area contributed by atoms with E-state index in [4.69, 9.17) is 22.7 Å². The SMILES string of the molecule is C.CSc1sc(C(=N)N)cc1S(=O)(=O)c1cc(O)cc(-c2ccccc2Cl)c1. The predicted molar refractivity (Wildman–Crippen MR) is 118 cm³/mol. The number of sulfone groups is 1. The van der Waals surface area contributed by atoms with Crippen molar-refractivity contribution < 1.29 is 13.5 Å². The molecule has 0 atom stereocenters. The van der Waals surface area contributed by atoms with Gasteiger partial charge in [0.05, 0.1) is 18.9 Å². The Morgan fingerprint density at radius 2 is 1.89 bits per heavy atom. The number of hydrogen-bond donors (Lipinski definition) is 3. The highest BCUT2D eigenvalue weighted by Crippen LogP contribution is 2.39. The van der Waals surface area contributed by atoms with Crippen molar-refractivity contribution in [3.8, 4) is 16.9 Å². The highest BCUT2D eigenvalue weighted by molar-refractivity contribution is 8.01. The van der Waals surface area contributed by atoms with Crippen molar-refractivity contribution in [3.63, 3.8) is 0 Å². The van der Waals surface area contributed by atoms with E-state index >= 15 is 0 Å². The summed E-state index contributed by atoms with van der Waals surface area (Å²) in [7, 11) is -3.93. The number of halogens is 1. The van der Waals surface area contributed by atoms with E-state index in [9.17, 15) is 13.5 Å². The first kappa shape index (κ1) is 22.3. The van der Waals surface area contributed by atoms with E-state index in [1.165, 1.54) is 36.0 Å². The van der Waals surface area contributed by atoms with Crippen LogP contribution in [0.3, 0.4) is 0 Å². The number of hydrogen-bond acceptors (Lipinski definition) is 6. The third-order valence-corrected chi connectivity index (χ3v) is 8.44. The Hall–Kier alpha value is -2.00. The normalized spacial score (nSPS) is 11.1. The Morgan fingerprint density at radius 1 is 1.21 bits per heavy atom. The number of thioether (sulfide) groups is 1. The van der Waals surface area contributed by atoms with E-state index in [1.54, 1.807) is 30.5 Å². The smallest absolute Gasteiger partial charge is 0.208 e. The van der Waals surface area contributed by atoms with Crippen LogP contribution < -0.4 is 5.73 Å². The fourth-order valence-corrected chi connectivity index (χ4v) is 6.70. The molecule has 1 aromatic heterocycles. The van der Waals surface area contributed by atoms with Crippen LogP contribution in [0.2, 0.25) is 5.02 Å². The molecule has 0 fully saturated rings. The lowest BCUT2D eigenvalue weighted by molar-refractivity contribution is 0.473. The van der Waals surface area contributed by atoms with Gasteiger partial charge in [0.25, 0.3) is 0 Å². The molecule has 0 bridgehead atoms. The number of thiophene rings is 1. The van der Waals surface area contributed by atoms with Crippen LogP contribution in [0, 0.1) is 5.41 Å². The summed E-state index contributed by atoms with van der Waals surface area (Å²) < 4.78 is 26.9. The van der Waals surface area contributed by atoms with Crippen LogP contribution in [-0.2, 0) is 9.84 Å². The van der Waals surface area contributed by atoms with Crippen LogP contribution in [0.5, 0.6) is 5.75 Å². The molecule has 0 amide bonds. The Labute approximate surface area is 177 Å². The quantitative estimate of drug-likeness (QED) is 0.277. The molecule has 9 heteroatoms. The van der Waals surface area contributed by atoms with Gasteiger partial charge in [-0.25, -0.2) is 8.42 Å². The molecule has 0 aliphatic heterocycles. The van der Waals surface area contributed by atoms with E-state index in [1.807, 2.05) is 0 Å². The zero-order valence-corrected chi connectivity index (χ0v) is 17.3. The van der Waals surface area contributed by atoms with Crippen molar-refractivity contribution in [1.29, 1.82) is 5.41 Å². The second kappa shape index (κ2) is 8.57. The minimum atomic E-state index is -3.93. The number of nitrogens with one attached hydrogen (secondary N) is 1. The molecule has 0 saturated carbocycles. The molecule has 0 aliphatic rings. The first-order valence-corrected chi connectivity index (χ1v) is 11.5. The molecule has 3 rings (SSSR count). The Balaban J connectivity index is 0.00000280. The van der Waals surface area contributed by atoms with Gasteiger partial charge < -0.3 is 10.8 Å². The van der Waals surface area contributed by atoms with E-state index < -0.39 is 9.84 Å². The highest BCUT2D eigenvalue weighted by Gasteiger charge is 2.26. The molecule has 5 nitrogen and oxygen atoms in total. The fourth-order valence-electron chi connectivity index (χ4n) is 2.54. The number of phenols is 1. The lowest BCUT2D eigenvalue weighted by atomic mass is 10.1. The average molecular weight is 455 g/mol. The predicted octanol–water partition coefficient (Wildman–Crippen LogP) is 5.25. The third-order valence-electron chi connectivity index (χ3n) is 3.79. The molecule has 0 saturated heterocycles. The summed E-state index contributed by atoms with van der Waals surface area (Å²) >= 11 is 8.62. The zero-order chi connectivity index (χ0) is 19.8. The van der Waals surface area contributed by atoms with Crippen molar-refractivity contribution in [2.75, 3.05) is 6.26 Å². The number of nitrogens with two attached hydrogens (primary N) is 1. The van der Waals surface area contributed by atoms with Crippen LogP contribution in [0.1, 0.15) is 12.3 Å². The van der Waals surface area contributed by atoms with E-state index in [0.29, 0.717) is 25.2 Å². The first-order valence-electron chi connectivity index (χ1n) is 7.60. The van der Waals surface area contributed by atoms with Crippen molar-refractivity contribution in [3.05, 3.63) is 58.4 Å². The number of amidine groups is 1. The summed E-state index contributed by atoms with van der Waals surface area (Å²) in [6, 6.07) is 12.5. The molecule has 148 valence electrons. The average Bonchev–Trinajstić information content (AvgIpc) is 3.07. The van der Waals surface area contributed by atoms with E-state index in [0.717, 1.165) is 11.3 Å². The monoisotopic (exact) mass is 454 g/mol. The lowest BCUT2D eigenvalue weighted by Crippen LogP contribution is -2.08. The van der Waals surface area contributed by atoms with Gasteiger partial charge in [0, 0.05) is 10.6 Å². The molecule has 0 aliphatic carbocycles.